The number of para-hydroxylation sites is 4. The molecule has 0 aliphatic rings. The lowest BCUT2D eigenvalue weighted by atomic mass is 10.0. The molecule has 3 heteroatoms. The van der Waals surface area contributed by atoms with Crippen molar-refractivity contribution >= 4 is 60.8 Å². The molecule has 0 N–H and O–H groups in total. The third-order valence-corrected chi connectivity index (χ3v) is 8.79. The van der Waals surface area contributed by atoms with Gasteiger partial charge in [-0.2, -0.15) is 0 Å². The van der Waals surface area contributed by atoms with Gasteiger partial charge in [-0.3, -0.25) is 0 Å². The molecule has 0 radical (unpaired) electrons. The number of aromatic nitrogens is 1. The van der Waals surface area contributed by atoms with Crippen molar-refractivity contribution < 1.29 is 4.42 Å². The molecular weight excluding hydrogens is 548 g/mol. The van der Waals surface area contributed by atoms with E-state index in [1.54, 1.807) is 0 Å². The van der Waals surface area contributed by atoms with Crippen LogP contribution in [0.3, 0.4) is 0 Å². The van der Waals surface area contributed by atoms with E-state index >= 15 is 0 Å². The first-order valence-corrected chi connectivity index (χ1v) is 15.3. The Morgan fingerprint density at radius 2 is 1.04 bits per heavy atom. The number of furan rings is 1. The van der Waals surface area contributed by atoms with Gasteiger partial charge in [0.25, 0.3) is 0 Å². The Kier molecular flexibility index (Phi) is 5.82. The second kappa shape index (κ2) is 10.3. The van der Waals surface area contributed by atoms with Crippen molar-refractivity contribution in [2.75, 3.05) is 4.90 Å². The average molecular weight is 577 g/mol. The second-order valence-corrected chi connectivity index (χ2v) is 11.4. The smallest absolute Gasteiger partial charge is 0.159 e. The first-order chi connectivity index (χ1) is 22.3. The van der Waals surface area contributed by atoms with Crippen molar-refractivity contribution in [3.8, 4) is 16.8 Å². The molecule has 0 unspecified atom stereocenters. The van der Waals surface area contributed by atoms with Crippen molar-refractivity contribution in [1.82, 2.24) is 4.57 Å². The largest absolute Gasteiger partial charge is 0.454 e. The molecule has 0 spiro atoms. The van der Waals surface area contributed by atoms with Crippen molar-refractivity contribution in [2.45, 2.75) is 0 Å². The minimum Gasteiger partial charge on any atom is -0.454 e. The molecular formula is C42H28N2O. The molecule has 2 heterocycles. The summed E-state index contributed by atoms with van der Waals surface area (Å²) in [6.45, 7) is 0. The summed E-state index contributed by atoms with van der Waals surface area (Å²) < 4.78 is 8.95. The summed E-state index contributed by atoms with van der Waals surface area (Å²) in [4.78, 5) is 2.33. The van der Waals surface area contributed by atoms with Gasteiger partial charge in [0.15, 0.2) is 5.58 Å². The van der Waals surface area contributed by atoms with E-state index in [9.17, 15) is 0 Å². The molecule has 0 amide bonds. The lowest BCUT2D eigenvalue weighted by molar-refractivity contribution is 0.669. The van der Waals surface area contributed by atoms with Crippen LogP contribution in [-0.4, -0.2) is 4.57 Å². The number of fused-ring (bicyclic) bond motifs is 6. The number of hydrogen-bond acceptors (Lipinski definition) is 2. The maximum Gasteiger partial charge on any atom is 0.159 e. The SMILES string of the molecule is c1ccc(-c2ccc(N(c3ccc4c5ccccc5n(-c5ccccc5)c4c3)c3cccc4c3oc3ccccc34)cc2)cc1. The summed E-state index contributed by atoms with van der Waals surface area (Å²) in [6.07, 6.45) is 0. The van der Waals surface area contributed by atoms with Gasteiger partial charge < -0.3 is 13.9 Å². The number of benzene rings is 7. The Hall–Kier alpha value is -6.06. The van der Waals surface area contributed by atoms with Gasteiger partial charge in [0, 0.05) is 38.6 Å². The van der Waals surface area contributed by atoms with E-state index in [1.807, 2.05) is 12.1 Å². The Morgan fingerprint density at radius 1 is 0.422 bits per heavy atom. The van der Waals surface area contributed by atoms with Gasteiger partial charge in [-0.05, 0) is 65.7 Å². The molecule has 9 rings (SSSR count). The molecule has 212 valence electrons. The highest BCUT2D eigenvalue weighted by Gasteiger charge is 2.21. The molecule has 0 saturated heterocycles. The Labute approximate surface area is 260 Å². The molecule has 45 heavy (non-hydrogen) atoms. The van der Waals surface area contributed by atoms with Crippen molar-refractivity contribution in [3.05, 3.63) is 170 Å². The molecule has 9 aromatic rings. The van der Waals surface area contributed by atoms with E-state index in [1.165, 1.54) is 27.4 Å². The van der Waals surface area contributed by atoms with Gasteiger partial charge >= 0.3 is 0 Å². The summed E-state index contributed by atoms with van der Waals surface area (Å²) in [5.74, 6) is 0. The minimum atomic E-state index is 0.870. The van der Waals surface area contributed by atoms with Crippen LogP contribution in [0.15, 0.2) is 174 Å². The topological polar surface area (TPSA) is 21.3 Å². The van der Waals surface area contributed by atoms with E-state index in [2.05, 4.69) is 167 Å². The van der Waals surface area contributed by atoms with Crippen molar-refractivity contribution in [1.29, 1.82) is 0 Å². The van der Waals surface area contributed by atoms with E-state index in [-0.39, 0.29) is 0 Å². The highest BCUT2D eigenvalue weighted by molar-refractivity contribution is 6.12. The molecule has 0 fully saturated rings. The zero-order valence-corrected chi connectivity index (χ0v) is 24.5. The van der Waals surface area contributed by atoms with E-state index in [0.717, 1.165) is 50.2 Å². The monoisotopic (exact) mass is 576 g/mol. The van der Waals surface area contributed by atoms with Gasteiger partial charge in [-0.25, -0.2) is 0 Å². The van der Waals surface area contributed by atoms with E-state index < -0.39 is 0 Å². The van der Waals surface area contributed by atoms with Gasteiger partial charge in [-0.1, -0.05) is 115 Å². The fourth-order valence-corrected chi connectivity index (χ4v) is 6.72. The van der Waals surface area contributed by atoms with Crippen LogP contribution in [-0.2, 0) is 0 Å². The van der Waals surface area contributed by atoms with Gasteiger partial charge in [0.1, 0.15) is 5.58 Å². The summed E-state index contributed by atoms with van der Waals surface area (Å²) >= 11 is 0. The Bertz CT molecular complexity index is 2470. The molecule has 7 aromatic carbocycles. The molecule has 0 aliphatic heterocycles. The summed E-state index contributed by atoms with van der Waals surface area (Å²) in [5.41, 5.74) is 10.7. The predicted octanol–water partition coefficient (Wildman–Crippen LogP) is 11.8. The maximum absolute atomic E-state index is 6.58. The third-order valence-electron chi connectivity index (χ3n) is 8.79. The van der Waals surface area contributed by atoms with E-state index in [0.29, 0.717) is 0 Å². The van der Waals surface area contributed by atoms with Crippen LogP contribution in [0, 0.1) is 0 Å². The van der Waals surface area contributed by atoms with Gasteiger partial charge in [0.2, 0.25) is 0 Å². The highest BCUT2D eigenvalue weighted by atomic mass is 16.3. The van der Waals surface area contributed by atoms with Crippen LogP contribution in [0.4, 0.5) is 17.1 Å². The highest BCUT2D eigenvalue weighted by Crippen LogP contribution is 2.44. The number of rotatable bonds is 5. The van der Waals surface area contributed by atoms with Crippen LogP contribution in [0.2, 0.25) is 0 Å². The lowest BCUT2D eigenvalue weighted by Gasteiger charge is -2.26. The van der Waals surface area contributed by atoms with E-state index in [4.69, 9.17) is 4.42 Å². The molecule has 0 bridgehead atoms. The van der Waals surface area contributed by atoms with Crippen molar-refractivity contribution in [2.24, 2.45) is 0 Å². The fraction of sp³-hybridized carbons (Fsp3) is 0. The molecule has 0 saturated carbocycles. The minimum absolute atomic E-state index is 0.870. The fourth-order valence-electron chi connectivity index (χ4n) is 6.72. The Morgan fingerprint density at radius 3 is 1.87 bits per heavy atom. The standard InChI is InChI=1S/C42H28N2O/c1-3-12-29(13-4-1)30-22-24-32(25-23-30)43(39-20-11-18-37-36-17-8-10-21-41(36)45-42(37)39)33-26-27-35-34-16-7-9-19-38(34)44(40(35)28-33)31-14-5-2-6-15-31/h1-28H. The average Bonchev–Trinajstić information content (AvgIpc) is 3.66. The summed E-state index contributed by atoms with van der Waals surface area (Å²) in [7, 11) is 0. The first kappa shape index (κ1) is 25.4. The van der Waals surface area contributed by atoms with Crippen LogP contribution >= 0.6 is 0 Å². The van der Waals surface area contributed by atoms with Crippen LogP contribution in [0.25, 0.3) is 60.6 Å². The zero-order valence-electron chi connectivity index (χ0n) is 24.5. The molecule has 2 aromatic heterocycles. The Balaban J connectivity index is 1.31. The van der Waals surface area contributed by atoms with Gasteiger partial charge in [0.05, 0.1) is 16.7 Å². The zero-order chi connectivity index (χ0) is 29.7. The summed E-state index contributed by atoms with van der Waals surface area (Å²) in [5, 5.41) is 4.68. The van der Waals surface area contributed by atoms with Crippen LogP contribution < -0.4 is 4.90 Å². The van der Waals surface area contributed by atoms with Crippen molar-refractivity contribution in [3.63, 3.8) is 0 Å². The number of hydrogen-bond donors (Lipinski definition) is 0. The molecule has 3 nitrogen and oxygen atoms in total. The van der Waals surface area contributed by atoms with Crippen LogP contribution in [0.1, 0.15) is 0 Å². The molecule has 0 atom stereocenters. The maximum atomic E-state index is 6.58. The number of nitrogens with zero attached hydrogens (tertiary/aromatic N) is 2. The second-order valence-electron chi connectivity index (χ2n) is 11.4. The van der Waals surface area contributed by atoms with Gasteiger partial charge in [-0.15, -0.1) is 0 Å². The van der Waals surface area contributed by atoms with Crippen LogP contribution in [0.5, 0.6) is 0 Å². The number of anilines is 3. The third kappa shape index (κ3) is 4.13. The molecule has 0 aliphatic carbocycles. The lowest BCUT2D eigenvalue weighted by Crippen LogP contribution is -2.10. The quantitative estimate of drug-likeness (QED) is 0.203. The first-order valence-electron chi connectivity index (χ1n) is 15.3. The summed E-state index contributed by atoms with van der Waals surface area (Å²) in [6, 6.07) is 60.1. The normalized spacial score (nSPS) is 11.6. The predicted molar refractivity (Wildman–Crippen MR) is 188 cm³/mol.